The molecule has 0 spiro atoms. The molecule has 0 unspecified atom stereocenters. The summed E-state index contributed by atoms with van der Waals surface area (Å²) in [7, 11) is 0. The first kappa shape index (κ1) is 7.80. The highest BCUT2D eigenvalue weighted by atomic mass is 16.7. The second kappa shape index (κ2) is 6.80. The summed E-state index contributed by atoms with van der Waals surface area (Å²) in [6.07, 6.45) is 0.828. The SMILES string of the molecule is NCCCONNN. The molecular formula is C3H12N4O. The molecule has 0 saturated heterocycles. The van der Waals surface area contributed by atoms with Gasteiger partial charge in [0, 0.05) is 0 Å². The summed E-state index contributed by atoms with van der Waals surface area (Å²) >= 11 is 0. The Kier molecular flexibility index (Phi) is 6.63. The van der Waals surface area contributed by atoms with Crippen molar-refractivity contribution in [1.29, 1.82) is 0 Å². The second-order valence-corrected chi connectivity index (χ2v) is 1.24. The Balaban J connectivity index is 2.53. The summed E-state index contributed by atoms with van der Waals surface area (Å²) < 4.78 is 0. The first-order valence-electron chi connectivity index (χ1n) is 2.44. The van der Waals surface area contributed by atoms with E-state index in [1.54, 1.807) is 0 Å². The Bertz CT molecular complexity index is 36.3. The Morgan fingerprint density at radius 2 is 2.25 bits per heavy atom. The van der Waals surface area contributed by atoms with Crippen LogP contribution in [-0.4, -0.2) is 13.2 Å². The van der Waals surface area contributed by atoms with Crippen LogP contribution in [0.5, 0.6) is 0 Å². The molecule has 0 heterocycles. The molecule has 6 N–H and O–H groups in total. The highest BCUT2D eigenvalue weighted by molar-refractivity contribution is 4.31. The van der Waals surface area contributed by atoms with Crippen LogP contribution in [0.2, 0.25) is 0 Å². The van der Waals surface area contributed by atoms with Crippen LogP contribution in [0, 0.1) is 0 Å². The predicted octanol–water partition coefficient (Wildman–Crippen LogP) is -1.77. The van der Waals surface area contributed by atoms with Crippen molar-refractivity contribution in [2.45, 2.75) is 6.42 Å². The predicted molar refractivity (Wildman–Crippen MR) is 30.1 cm³/mol. The van der Waals surface area contributed by atoms with Gasteiger partial charge in [0.2, 0.25) is 0 Å². The Hall–Kier alpha value is -0.200. The van der Waals surface area contributed by atoms with Crippen molar-refractivity contribution in [1.82, 2.24) is 11.1 Å². The zero-order chi connectivity index (χ0) is 6.24. The molecule has 5 heteroatoms. The van der Waals surface area contributed by atoms with Crippen LogP contribution in [0.3, 0.4) is 0 Å². The minimum Gasteiger partial charge on any atom is -0.330 e. The smallest absolute Gasteiger partial charge is 0.0711 e. The van der Waals surface area contributed by atoms with Crippen molar-refractivity contribution in [3.05, 3.63) is 0 Å². The maximum atomic E-state index is 5.15. The summed E-state index contributed by atoms with van der Waals surface area (Å²) in [5, 5.41) is 0. The highest BCUT2D eigenvalue weighted by Crippen LogP contribution is 1.70. The van der Waals surface area contributed by atoms with E-state index in [4.69, 9.17) is 11.6 Å². The fourth-order valence-corrected chi connectivity index (χ4v) is 0.248. The summed E-state index contributed by atoms with van der Waals surface area (Å²) in [6.45, 7) is 1.20. The molecule has 0 aromatic rings. The van der Waals surface area contributed by atoms with Crippen molar-refractivity contribution in [3.63, 3.8) is 0 Å². The number of hydrogen-bond donors (Lipinski definition) is 4. The van der Waals surface area contributed by atoms with Gasteiger partial charge in [-0.2, -0.15) is 5.53 Å². The average molecular weight is 120 g/mol. The van der Waals surface area contributed by atoms with Crippen LogP contribution >= 0.6 is 0 Å². The van der Waals surface area contributed by atoms with Gasteiger partial charge in [-0.15, -0.1) is 5.59 Å². The lowest BCUT2D eigenvalue weighted by Crippen LogP contribution is -2.38. The van der Waals surface area contributed by atoms with E-state index in [2.05, 4.69) is 16.0 Å². The molecule has 0 saturated carbocycles. The summed E-state index contributed by atoms with van der Waals surface area (Å²) in [4.78, 5) is 4.66. The minimum atomic E-state index is 0.570. The van der Waals surface area contributed by atoms with Gasteiger partial charge < -0.3 is 5.73 Å². The van der Waals surface area contributed by atoms with Crippen molar-refractivity contribution in [2.24, 2.45) is 11.6 Å². The van der Waals surface area contributed by atoms with Gasteiger partial charge in [-0.25, -0.2) is 0 Å². The molecule has 0 bridgehead atoms. The zero-order valence-corrected chi connectivity index (χ0v) is 4.68. The van der Waals surface area contributed by atoms with Crippen LogP contribution in [0.25, 0.3) is 0 Å². The molecule has 0 aliphatic rings. The molecule has 0 aliphatic heterocycles. The number of nitrogens with two attached hydrogens (primary N) is 2. The Morgan fingerprint density at radius 1 is 1.50 bits per heavy atom. The van der Waals surface area contributed by atoms with Gasteiger partial charge in [-0.05, 0) is 13.0 Å². The van der Waals surface area contributed by atoms with Crippen molar-refractivity contribution >= 4 is 0 Å². The van der Waals surface area contributed by atoms with Gasteiger partial charge >= 0.3 is 0 Å². The number of hydrogen-bond acceptors (Lipinski definition) is 5. The number of hydrazine groups is 2. The third kappa shape index (κ3) is 5.80. The van der Waals surface area contributed by atoms with E-state index in [1.807, 2.05) is 0 Å². The Labute approximate surface area is 48.3 Å². The van der Waals surface area contributed by atoms with Gasteiger partial charge in [0.15, 0.2) is 0 Å². The van der Waals surface area contributed by atoms with Gasteiger partial charge in [-0.3, -0.25) is 10.7 Å². The topological polar surface area (TPSA) is 85.3 Å². The van der Waals surface area contributed by atoms with Gasteiger partial charge in [0.25, 0.3) is 0 Å². The van der Waals surface area contributed by atoms with Crippen molar-refractivity contribution in [3.8, 4) is 0 Å². The van der Waals surface area contributed by atoms with Crippen molar-refractivity contribution < 1.29 is 4.84 Å². The maximum Gasteiger partial charge on any atom is 0.0711 e. The third-order valence-corrected chi connectivity index (χ3v) is 0.582. The normalized spacial score (nSPS) is 9.75. The first-order chi connectivity index (χ1) is 3.91. The molecular weight excluding hydrogens is 108 g/mol. The monoisotopic (exact) mass is 120 g/mol. The second-order valence-electron chi connectivity index (χ2n) is 1.24. The fourth-order valence-electron chi connectivity index (χ4n) is 0.248. The van der Waals surface area contributed by atoms with Crippen molar-refractivity contribution in [2.75, 3.05) is 13.2 Å². The van der Waals surface area contributed by atoms with Gasteiger partial charge in [0.05, 0.1) is 6.61 Å². The summed E-state index contributed by atoms with van der Waals surface area (Å²) in [5.41, 5.74) is 9.52. The molecule has 8 heavy (non-hydrogen) atoms. The van der Waals surface area contributed by atoms with E-state index < -0.39 is 0 Å². The number of nitrogens with one attached hydrogen (secondary N) is 2. The summed E-state index contributed by atoms with van der Waals surface area (Å²) in [6, 6.07) is 0. The lowest BCUT2D eigenvalue weighted by molar-refractivity contribution is 0.0104. The lowest BCUT2D eigenvalue weighted by Gasteiger charge is -2.00. The molecule has 0 atom stereocenters. The van der Waals surface area contributed by atoms with E-state index >= 15 is 0 Å². The van der Waals surface area contributed by atoms with E-state index in [0.717, 1.165) is 6.42 Å². The van der Waals surface area contributed by atoms with Crippen LogP contribution in [0.15, 0.2) is 0 Å². The largest absolute Gasteiger partial charge is 0.330 e. The molecule has 0 aliphatic carbocycles. The molecule has 0 fully saturated rings. The molecule has 50 valence electrons. The lowest BCUT2D eigenvalue weighted by atomic mass is 10.5. The first-order valence-corrected chi connectivity index (χ1v) is 2.44. The molecule has 5 nitrogen and oxygen atoms in total. The van der Waals surface area contributed by atoms with Gasteiger partial charge in [0.1, 0.15) is 0 Å². The zero-order valence-electron chi connectivity index (χ0n) is 4.68. The van der Waals surface area contributed by atoms with Crippen LogP contribution in [-0.2, 0) is 4.84 Å². The molecule has 0 amide bonds. The Morgan fingerprint density at radius 3 is 2.75 bits per heavy atom. The van der Waals surface area contributed by atoms with E-state index in [0.29, 0.717) is 13.2 Å². The van der Waals surface area contributed by atoms with E-state index in [-0.39, 0.29) is 0 Å². The highest BCUT2D eigenvalue weighted by Gasteiger charge is 1.80. The van der Waals surface area contributed by atoms with Crippen LogP contribution < -0.4 is 22.7 Å². The molecule has 0 radical (unpaired) electrons. The van der Waals surface area contributed by atoms with Crippen LogP contribution in [0.4, 0.5) is 0 Å². The number of rotatable bonds is 5. The standard InChI is InChI=1S/C3H12N4O/c4-2-1-3-8-7-6-5/h6-7H,1-5H2. The van der Waals surface area contributed by atoms with E-state index in [9.17, 15) is 0 Å². The molecule has 0 rings (SSSR count). The van der Waals surface area contributed by atoms with Crippen LogP contribution in [0.1, 0.15) is 6.42 Å². The quantitative estimate of drug-likeness (QED) is 0.196. The summed E-state index contributed by atoms with van der Waals surface area (Å²) in [5.74, 6) is 4.79. The maximum absolute atomic E-state index is 5.15. The minimum absolute atomic E-state index is 0.570. The van der Waals surface area contributed by atoms with E-state index in [1.165, 1.54) is 0 Å². The average Bonchev–Trinajstić information content (AvgIpc) is 1.81. The van der Waals surface area contributed by atoms with Gasteiger partial charge in [-0.1, -0.05) is 0 Å². The third-order valence-electron chi connectivity index (χ3n) is 0.582. The molecule has 0 aromatic heterocycles. The fraction of sp³-hybridized carbons (Fsp3) is 1.00. The molecule has 0 aromatic carbocycles.